The van der Waals surface area contributed by atoms with E-state index >= 15 is 0 Å². The Kier molecular flexibility index (Phi) is 4.05. The smallest absolute Gasteiger partial charge is 0.317 e. The molecule has 3 nitrogen and oxygen atoms in total. The summed E-state index contributed by atoms with van der Waals surface area (Å²) in [6.07, 6.45) is 0. The molecule has 0 spiro atoms. The molecule has 0 aliphatic heterocycles. The first-order chi connectivity index (χ1) is 7.82. The van der Waals surface area contributed by atoms with Crippen LogP contribution in [0.5, 0.6) is 0 Å². The first kappa shape index (κ1) is 13.4. The standard InChI is InChI=1S/C14H19NO2/c1-10-8-6-7-9-12(10)11(2)15-17-13(16)14(3,4)5/h6-9H,1-5H3/b15-11+. The molecule has 0 amide bonds. The third-order valence-electron chi connectivity index (χ3n) is 2.41. The van der Waals surface area contributed by atoms with Gasteiger partial charge in [-0.25, -0.2) is 4.79 Å². The molecule has 0 radical (unpaired) electrons. The average molecular weight is 233 g/mol. The van der Waals surface area contributed by atoms with Gasteiger partial charge < -0.3 is 4.84 Å². The lowest BCUT2D eigenvalue weighted by Gasteiger charge is -2.13. The van der Waals surface area contributed by atoms with Gasteiger partial charge in [0.15, 0.2) is 0 Å². The average Bonchev–Trinajstić information content (AvgIpc) is 2.24. The van der Waals surface area contributed by atoms with Crippen LogP contribution in [-0.2, 0) is 9.63 Å². The number of aryl methyl sites for hydroxylation is 1. The molecular formula is C14H19NO2. The second kappa shape index (κ2) is 5.13. The van der Waals surface area contributed by atoms with Gasteiger partial charge in [-0.15, -0.1) is 0 Å². The van der Waals surface area contributed by atoms with Crippen LogP contribution in [0.3, 0.4) is 0 Å². The number of benzene rings is 1. The van der Waals surface area contributed by atoms with Crippen LogP contribution in [0.4, 0.5) is 0 Å². The third-order valence-corrected chi connectivity index (χ3v) is 2.41. The Morgan fingerprint density at radius 3 is 2.35 bits per heavy atom. The summed E-state index contributed by atoms with van der Waals surface area (Å²) < 4.78 is 0. The van der Waals surface area contributed by atoms with E-state index in [1.165, 1.54) is 0 Å². The van der Waals surface area contributed by atoms with Crippen molar-refractivity contribution in [1.82, 2.24) is 0 Å². The van der Waals surface area contributed by atoms with Crippen molar-refractivity contribution in [3.8, 4) is 0 Å². The third kappa shape index (κ3) is 3.70. The summed E-state index contributed by atoms with van der Waals surface area (Å²) in [5, 5.41) is 3.89. The van der Waals surface area contributed by atoms with Gasteiger partial charge in [-0.3, -0.25) is 0 Å². The van der Waals surface area contributed by atoms with Gasteiger partial charge in [0.1, 0.15) is 0 Å². The summed E-state index contributed by atoms with van der Waals surface area (Å²) in [5.41, 5.74) is 2.28. The van der Waals surface area contributed by atoms with E-state index in [1.807, 2.05) is 38.1 Å². The molecule has 0 saturated carbocycles. The number of hydrogen-bond acceptors (Lipinski definition) is 3. The fraction of sp³-hybridized carbons (Fsp3) is 0.429. The van der Waals surface area contributed by atoms with Gasteiger partial charge in [-0.05, 0) is 40.2 Å². The Bertz CT molecular complexity index is 442. The maximum atomic E-state index is 11.6. The van der Waals surface area contributed by atoms with E-state index in [0.717, 1.165) is 11.1 Å². The SMILES string of the molecule is C/C(=N\OC(=O)C(C)(C)C)c1ccccc1C. The van der Waals surface area contributed by atoms with Crippen LogP contribution in [0.1, 0.15) is 38.8 Å². The van der Waals surface area contributed by atoms with Gasteiger partial charge in [0.25, 0.3) is 0 Å². The summed E-state index contributed by atoms with van der Waals surface area (Å²) >= 11 is 0. The van der Waals surface area contributed by atoms with E-state index in [1.54, 1.807) is 20.8 Å². The minimum Gasteiger partial charge on any atom is -0.317 e. The minimum atomic E-state index is -0.532. The number of carbonyl (C=O) groups is 1. The van der Waals surface area contributed by atoms with Crippen molar-refractivity contribution in [2.24, 2.45) is 10.6 Å². The van der Waals surface area contributed by atoms with Crippen LogP contribution < -0.4 is 0 Å². The van der Waals surface area contributed by atoms with Crippen molar-refractivity contribution in [3.63, 3.8) is 0 Å². The predicted molar refractivity (Wildman–Crippen MR) is 68.9 cm³/mol. The molecule has 3 heteroatoms. The fourth-order valence-corrected chi connectivity index (χ4v) is 1.27. The molecule has 1 rings (SSSR count). The van der Waals surface area contributed by atoms with Gasteiger partial charge in [-0.1, -0.05) is 29.4 Å². The molecule has 0 unspecified atom stereocenters. The molecule has 0 bridgehead atoms. The minimum absolute atomic E-state index is 0.328. The highest BCUT2D eigenvalue weighted by Gasteiger charge is 2.23. The van der Waals surface area contributed by atoms with Crippen LogP contribution in [0.25, 0.3) is 0 Å². The molecule has 0 N–H and O–H groups in total. The van der Waals surface area contributed by atoms with Crippen molar-refractivity contribution in [2.45, 2.75) is 34.6 Å². The second-order valence-corrected chi connectivity index (χ2v) is 5.12. The Balaban J connectivity index is 2.82. The van der Waals surface area contributed by atoms with E-state index in [9.17, 15) is 4.79 Å². The molecule has 0 heterocycles. The molecule has 0 atom stereocenters. The first-order valence-corrected chi connectivity index (χ1v) is 5.64. The molecule has 92 valence electrons. The Morgan fingerprint density at radius 2 is 1.82 bits per heavy atom. The highest BCUT2D eigenvalue weighted by Crippen LogP contribution is 2.16. The Morgan fingerprint density at radius 1 is 1.24 bits per heavy atom. The zero-order chi connectivity index (χ0) is 13.1. The number of rotatable bonds is 2. The lowest BCUT2D eigenvalue weighted by molar-refractivity contribution is -0.152. The van der Waals surface area contributed by atoms with E-state index in [-0.39, 0.29) is 5.97 Å². The molecule has 0 saturated heterocycles. The van der Waals surface area contributed by atoms with Crippen LogP contribution >= 0.6 is 0 Å². The number of carbonyl (C=O) groups excluding carboxylic acids is 1. The van der Waals surface area contributed by atoms with Gasteiger partial charge in [0.2, 0.25) is 0 Å². The van der Waals surface area contributed by atoms with E-state index in [0.29, 0.717) is 5.71 Å². The molecular weight excluding hydrogens is 214 g/mol. The van der Waals surface area contributed by atoms with Crippen molar-refractivity contribution in [2.75, 3.05) is 0 Å². The zero-order valence-corrected chi connectivity index (χ0v) is 11.1. The van der Waals surface area contributed by atoms with Gasteiger partial charge in [0.05, 0.1) is 11.1 Å². The summed E-state index contributed by atoms with van der Waals surface area (Å²) in [5.74, 6) is -0.328. The topological polar surface area (TPSA) is 38.7 Å². The molecule has 0 aliphatic carbocycles. The number of hydrogen-bond donors (Lipinski definition) is 0. The van der Waals surface area contributed by atoms with Crippen molar-refractivity contribution in [3.05, 3.63) is 35.4 Å². The normalized spacial score (nSPS) is 12.4. The number of oxime groups is 1. The maximum Gasteiger partial charge on any atom is 0.340 e. The molecule has 17 heavy (non-hydrogen) atoms. The first-order valence-electron chi connectivity index (χ1n) is 5.64. The van der Waals surface area contributed by atoms with Crippen LogP contribution in [0.15, 0.2) is 29.4 Å². The maximum absolute atomic E-state index is 11.6. The van der Waals surface area contributed by atoms with Gasteiger partial charge in [0, 0.05) is 5.56 Å². The van der Waals surface area contributed by atoms with Gasteiger partial charge in [-0.2, -0.15) is 0 Å². The zero-order valence-electron chi connectivity index (χ0n) is 11.1. The molecule has 0 aliphatic rings. The van der Waals surface area contributed by atoms with E-state index < -0.39 is 5.41 Å². The molecule has 0 fully saturated rings. The fourth-order valence-electron chi connectivity index (χ4n) is 1.27. The van der Waals surface area contributed by atoms with Crippen molar-refractivity contribution >= 4 is 11.7 Å². The van der Waals surface area contributed by atoms with E-state index in [4.69, 9.17) is 4.84 Å². The monoisotopic (exact) mass is 233 g/mol. The predicted octanol–water partition coefficient (Wildman–Crippen LogP) is 3.31. The highest BCUT2D eigenvalue weighted by molar-refractivity contribution is 5.99. The Hall–Kier alpha value is -1.64. The lowest BCUT2D eigenvalue weighted by Crippen LogP contribution is -2.21. The summed E-state index contributed by atoms with van der Waals surface area (Å²) in [6.45, 7) is 9.23. The lowest BCUT2D eigenvalue weighted by atomic mass is 9.98. The largest absolute Gasteiger partial charge is 0.340 e. The quantitative estimate of drug-likeness (QED) is 0.446. The van der Waals surface area contributed by atoms with Gasteiger partial charge >= 0.3 is 5.97 Å². The van der Waals surface area contributed by atoms with Crippen LogP contribution in [-0.4, -0.2) is 11.7 Å². The van der Waals surface area contributed by atoms with Crippen molar-refractivity contribution < 1.29 is 9.63 Å². The Labute approximate surface area is 102 Å². The summed E-state index contributed by atoms with van der Waals surface area (Å²) in [4.78, 5) is 16.5. The number of nitrogens with zero attached hydrogens (tertiary/aromatic N) is 1. The van der Waals surface area contributed by atoms with E-state index in [2.05, 4.69) is 5.16 Å². The molecule has 1 aromatic rings. The highest BCUT2D eigenvalue weighted by atomic mass is 16.7. The van der Waals surface area contributed by atoms with Crippen LogP contribution in [0.2, 0.25) is 0 Å². The molecule has 0 aromatic heterocycles. The summed E-state index contributed by atoms with van der Waals surface area (Å²) in [6, 6.07) is 7.86. The second-order valence-electron chi connectivity index (χ2n) is 5.12. The molecule has 1 aromatic carbocycles. The van der Waals surface area contributed by atoms with Crippen LogP contribution in [0, 0.1) is 12.3 Å². The summed E-state index contributed by atoms with van der Waals surface area (Å²) in [7, 11) is 0. The van der Waals surface area contributed by atoms with Crippen molar-refractivity contribution in [1.29, 1.82) is 0 Å².